The van der Waals surface area contributed by atoms with Gasteiger partial charge in [0.15, 0.2) is 0 Å². The summed E-state index contributed by atoms with van der Waals surface area (Å²) in [6.45, 7) is 2.84. The van der Waals surface area contributed by atoms with E-state index in [1.54, 1.807) is 6.07 Å². The first kappa shape index (κ1) is 10.1. The molecule has 0 spiro atoms. The Hall–Kier alpha value is -1.42. The molecule has 2 N–H and O–H groups in total. The fourth-order valence-corrected chi connectivity index (χ4v) is 1.73. The largest absolute Gasteiger partial charge is 0.309 e. The number of pyridine rings is 1. The number of amides is 1. The molecule has 0 aliphatic carbocycles. The Morgan fingerprint density at radius 1 is 1.60 bits per heavy atom. The third-order valence-corrected chi connectivity index (χ3v) is 2.52. The molecule has 0 bridgehead atoms. The Morgan fingerprint density at radius 3 is 3.13 bits per heavy atom. The molecule has 0 saturated carbocycles. The Kier molecular flexibility index (Phi) is 2.97. The van der Waals surface area contributed by atoms with Gasteiger partial charge in [0, 0.05) is 5.69 Å². The molecule has 15 heavy (non-hydrogen) atoms. The highest BCUT2D eigenvalue weighted by molar-refractivity contribution is 5.94. The van der Waals surface area contributed by atoms with E-state index in [4.69, 9.17) is 0 Å². The lowest BCUT2D eigenvalue weighted by molar-refractivity contribution is -0.117. The molecule has 0 radical (unpaired) electrons. The minimum atomic E-state index is -0.0488. The highest BCUT2D eigenvalue weighted by Gasteiger charge is 2.21. The second-order valence-electron chi connectivity index (χ2n) is 3.80. The maximum absolute atomic E-state index is 11.7. The van der Waals surface area contributed by atoms with Gasteiger partial charge in [-0.15, -0.1) is 0 Å². The summed E-state index contributed by atoms with van der Waals surface area (Å²) < 4.78 is 0. The van der Waals surface area contributed by atoms with Gasteiger partial charge in [-0.25, -0.2) is 4.98 Å². The Balaban J connectivity index is 1.99. The van der Waals surface area contributed by atoms with Crippen LogP contribution in [0.3, 0.4) is 0 Å². The van der Waals surface area contributed by atoms with Gasteiger partial charge >= 0.3 is 0 Å². The summed E-state index contributed by atoms with van der Waals surface area (Å²) in [5, 5.41) is 5.96. The summed E-state index contributed by atoms with van der Waals surface area (Å²) in [4.78, 5) is 15.9. The molecule has 1 aliphatic rings. The van der Waals surface area contributed by atoms with Gasteiger partial charge in [-0.05, 0) is 38.4 Å². The summed E-state index contributed by atoms with van der Waals surface area (Å²) in [5.74, 6) is 0.652. The van der Waals surface area contributed by atoms with E-state index in [0.717, 1.165) is 25.1 Å². The zero-order valence-corrected chi connectivity index (χ0v) is 8.79. The molecule has 1 aromatic rings. The minimum absolute atomic E-state index is 0.0191. The smallest absolute Gasteiger partial charge is 0.242 e. The van der Waals surface area contributed by atoms with E-state index in [2.05, 4.69) is 15.6 Å². The number of aromatic nitrogens is 1. The first-order valence-corrected chi connectivity index (χ1v) is 5.23. The number of nitrogens with one attached hydrogen (secondary N) is 2. The van der Waals surface area contributed by atoms with Crippen LogP contribution >= 0.6 is 0 Å². The normalized spacial score (nSPS) is 20.2. The number of rotatable bonds is 2. The molecule has 0 aromatic carbocycles. The molecule has 1 fully saturated rings. The SMILES string of the molecule is Cc1cccc(NC(=O)[C@H]2CCCN2)n1. The van der Waals surface area contributed by atoms with Crippen LogP contribution < -0.4 is 10.6 Å². The van der Waals surface area contributed by atoms with Crippen LogP contribution in [0.2, 0.25) is 0 Å². The van der Waals surface area contributed by atoms with Gasteiger partial charge in [0.2, 0.25) is 5.91 Å². The van der Waals surface area contributed by atoms with Gasteiger partial charge in [0.25, 0.3) is 0 Å². The van der Waals surface area contributed by atoms with E-state index in [1.807, 2.05) is 19.1 Å². The average molecular weight is 205 g/mol. The Labute approximate surface area is 89.1 Å². The van der Waals surface area contributed by atoms with Crippen LogP contribution in [0.1, 0.15) is 18.5 Å². The second-order valence-corrected chi connectivity index (χ2v) is 3.80. The topological polar surface area (TPSA) is 54.0 Å². The summed E-state index contributed by atoms with van der Waals surface area (Å²) in [5.41, 5.74) is 0.909. The van der Waals surface area contributed by atoms with Crippen molar-refractivity contribution >= 4 is 11.7 Å². The van der Waals surface area contributed by atoms with Crippen LogP contribution in [0.15, 0.2) is 18.2 Å². The van der Waals surface area contributed by atoms with E-state index in [0.29, 0.717) is 5.82 Å². The standard InChI is InChI=1S/C11H15N3O/c1-8-4-2-6-10(13-8)14-11(15)9-5-3-7-12-9/h2,4,6,9,12H,3,5,7H2,1H3,(H,13,14,15)/t9-/m1/s1. The predicted molar refractivity (Wildman–Crippen MR) is 58.6 cm³/mol. The van der Waals surface area contributed by atoms with E-state index < -0.39 is 0 Å². The molecule has 1 aliphatic heterocycles. The van der Waals surface area contributed by atoms with Crippen LogP contribution in [-0.4, -0.2) is 23.5 Å². The molecule has 4 heteroatoms. The number of hydrogen-bond donors (Lipinski definition) is 2. The molecule has 1 atom stereocenters. The van der Waals surface area contributed by atoms with Gasteiger partial charge in [-0.2, -0.15) is 0 Å². The molecule has 1 saturated heterocycles. The van der Waals surface area contributed by atoms with Crippen molar-refractivity contribution in [3.05, 3.63) is 23.9 Å². The Bertz CT molecular complexity index is 359. The van der Waals surface area contributed by atoms with Crippen molar-refractivity contribution in [3.8, 4) is 0 Å². The molecule has 0 unspecified atom stereocenters. The summed E-state index contributed by atoms with van der Waals surface area (Å²) in [7, 11) is 0. The van der Waals surface area contributed by atoms with Gasteiger partial charge < -0.3 is 10.6 Å². The van der Waals surface area contributed by atoms with Gasteiger partial charge in [0.1, 0.15) is 5.82 Å². The molecule has 2 heterocycles. The number of aryl methyl sites for hydroxylation is 1. The first-order chi connectivity index (χ1) is 7.25. The molecule has 1 aromatic heterocycles. The first-order valence-electron chi connectivity index (χ1n) is 5.23. The number of hydrogen-bond acceptors (Lipinski definition) is 3. The third-order valence-electron chi connectivity index (χ3n) is 2.52. The van der Waals surface area contributed by atoms with E-state index in [9.17, 15) is 4.79 Å². The maximum Gasteiger partial charge on any atom is 0.242 e. The van der Waals surface area contributed by atoms with Gasteiger partial charge in [0.05, 0.1) is 6.04 Å². The number of carbonyl (C=O) groups excluding carboxylic acids is 1. The van der Waals surface area contributed by atoms with Crippen molar-refractivity contribution in [2.24, 2.45) is 0 Å². The van der Waals surface area contributed by atoms with Gasteiger partial charge in [-0.3, -0.25) is 4.79 Å². The van der Waals surface area contributed by atoms with E-state index in [1.165, 1.54) is 0 Å². The molecule has 4 nitrogen and oxygen atoms in total. The average Bonchev–Trinajstić information content (AvgIpc) is 2.70. The monoisotopic (exact) mass is 205 g/mol. The van der Waals surface area contributed by atoms with Crippen LogP contribution in [0, 0.1) is 6.92 Å². The van der Waals surface area contributed by atoms with Gasteiger partial charge in [-0.1, -0.05) is 6.07 Å². The van der Waals surface area contributed by atoms with E-state index in [-0.39, 0.29) is 11.9 Å². The summed E-state index contributed by atoms with van der Waals surface area (Å²) in [6, 6.07) is 5.55. The molecular weight excluding hydrogens is 190 g/mol. The number of nitrogens with zero attached hydrogens (tertiary/aromatic N) is 1. The van der Waals surface area contributed by atoms with Crippen molar-refractivity contribution < 1.29 is 4.79 Å². The quantitative estimate of drug-likeness (QED) is 0.759. The van der Waals surface area contributed by atoms with Crippen molar-refractivity contribution in [2.75, 3.05) is 11.9 Å². The lowest BCUT2D eigenvalue weighted by atomic mass is 10.2. The second kappa shape index (κ2) is 4.40. The summed E-state index contributed by atoms with van der Waals surface area (Å²) in [6.07, 6.45) is 1.98. The lowest BCUT2D eigenvalue weighted by Gasteiger charge is -2.10. The zero-order valence-electron chi connectivity index (χ0n) is 8.79. The van der Waals surface area contributed by atoms with Crippen molar-refractivity contribution in [1.82, 2.24) is 10.3 Å². The predicted octanol–water partition coefficient (Wildman–Crippen LogP) is 1.08. The van der Waals surface area contributed by atoms with Crippen LogP contribution in [0.4, 0.5) is 5.82 Å². The highest BCUT2D eigenvalue weighted by atomic mass is 16.2. The third kappa shape index (κ3) is 2.53. The van der Waals surface area contributed by atoms with Crippen LogP contribution in [0.25, 0.3) is 0 Å². The fraction of sp³-hybridized carbons (Fsp3) is 0.455. The Morgan fingerprint density at radius 2 is 2.47 bits per heavy atom. The minimum Gasteiger partial charge on any atom is -0.309 e. The van der Waals surface area contributed by atoms with Crippen LogP contribution in [0.5, 0.6) is 0 Å². The maximum atomic E-state index is 11.7. The number of anilines is 1. The van der Waals surface area contributed by atoms with Crippen molar-refractivity contribution in [2.45, 2.75) is 25.8 Å². The highest BCUT2D eigenvalue weighted by Crippen LogP contribution is 2.09. The van der Waals surface area contributed by atoms with Crippen molar-refractivity contribution in [1.29, 1.82) is 0 Å². The summed E-state index contributed by atoms with van der Waals surface area (Å²) >= 11 is 0. The molecule has 1 amide bonds. The molecule has 2 rings (SSSR count). The lowest BCUT2D eigenvalue weighted by Crippen LogP contribution is -2.35. The van der Waals surface area contributed by atoms with Crippen molar-refractivity contribution in [3.63, 3.8) is 0 Å². The fourth-order valence-electron chi connectivity index (χ4n) is 1.73. The molecular formula is C11H15N3O. The zero-order chi connectivity index (χ0) is 10.7. The van der Waals surface area contributed by atoms with E-state index >= 15 is 0 Å². The molecule has 80 valence electrons. The number of carbonyl (C=O) groups is 1. The van der Waals surface area contributed by atoms with Crippen LogP contribution in [-0.2, 0) is 4.79 Å².